The van der Waals surface area contributed by atoms with Gasteiger partial charge in [-0.05, 0) is 62.5 Å². The van der Waals surface area contributed by atoms with Gasteiger partial charge < -0.3 is 36.6 Å². The van der Waals surface area contributed by atoms with E-state index in [-0.39, 0.29) is 25.2 Å². The topological polar surface area (TPSA) is 186 Å². The number of aliphatic hydroxyl groups is 1. The van der Waals surface area contributed by atoms with Gasteiger partial charge in [-0.15, -0.1) is 0 Å². The van der Waals surface area contributed by atoms with Crippen molar-refractivity contribution in [3.8, 4) is 0 Å². The van der Waals surface area contributed by atoms with Crippen LogP contribution < -0.4 is 26.6 Å². The van der Waals surface area contributed by atoms with Crippen LogP contribution in [0.1, 0.15) is 68.3 Å². The molecule has 1 aromatic heterocycles. The number of hydrogen-bond donors (Lipinski definition) is 6. The number of benzene rings is 1. The van der Waals surface area contributed by atoms with Crippen LogP contribution in [0.5, 0.6) is 0 Å². The molecule has 254 valence electrons. The van der Waals surface area contributed by atoms with E-state index >= 15 is 0 Å². The number of hydrogen-bond acceptors (Lipinski definition) is 8. The molecular weight excluding hydrogens is 624 g/mol. The number of carbonyl (C=O) groups is 6. The fraction of sp³-hybridized carbons (Fsp3) is 0.515. The van der Waals surface area contributed by atoms with E-state index in [9.17, 15) is 33.9 Å². The van der Waals surface area contributed by atoms with Gasteiger partial charge in [-0.1, -0.05) is 37.3 Å². The summed E-state index contributed by atoms with van der Waals surface area (Å²) in [5, 5.41) is 27.6. The Morgan fingerprint density at radius 2 is 1.68 bits per heavy atom. The van der Waals surface area contributed by atoms with Crippen LogP contribution >= 0.6 is 11.3 Å². The van der Waals surface area contributed by atoms with Crippen molar-refractivity contribution >= 4 is 46.8 Å². The number of nitrogens with zero attached hydrogens (tertiary/aromatic N) is 1. The number of nitrogens with one attached hydrogen (secondary N) is 5. The van der Waals surface area contributed by atoms with Gasteiger partial charge in [0.15, 0.2) is 0 Å². The quantitative estimate of drug-likeness (QED) is 0.261. The van der Waals surface area contributed by atoms with Gasteiger partial charge in [0.2, 0.25) is 29.5 Å². The third kappa shape index (κ3) is 9.61. The average molecular weight is 669 g/mol. The van der Waals surface area contributed by atoms with Crippen LogP contribution in [0.15, 0.2) is 47.2 Å². The molecule has 14 heteroatoms. The van der Waals surface area contributed by atoms with Crippen LogP contribution in [0.25, 0.3) is 0 Å². The molecule has 47 heavy (non-hydrogen) atoms. The third-order valence-corrected chi connectivity index (χ3v) is 9.15. The van der Waals surface area contributed by atoms with Gasteiger partial charge in [0.1, 0.15) is 30.2 Å². The molecule has 3 heterocycles. The molecule has 2 aromatic rings. The summed E-state index contributed by atoms with van der Waals surface area (Å²) in [4.78, 5) is 82.0. The van der Waals surface area contributed by atoms with Crippen LogP contribution in [0.4, 0.5) is 0 Å². The van der Waals surface area contributed by atoms with Gasteiger partial charge in [-0.3, -0.25) is 28.8 Å². The van der Waals surface area contributed by atoms with Crippen molar-refractivity contribution in [1.82, 2.24) is 31.5 Å². The van der Waals surface area contributed by atoms with Crippen molar-refractivity contribution in [2.24, 2.45) is 0 Å². The lowest BCUT2D eigenvalue weighted by molar-refractivity contribution is -0.142. The smallest absolute Gasteiger partial charge is 0.252 e. The summed E-state index contributed by atoms with van der Waals surface area (Å²) in [6, 6.07) is 5.44. The fourth-order valence-corrected chi connectivity index (χ4v) is 6.44. The van der Waals surface area contributed by atoms with Gasteiger partial charge >= 0.3 is 0 Å². The highest BCUT2D eigenvalue weighted by atomic mass is 32.1. The molecule has 0 unspecified atom stereocenters. The minimum absolute atomic E-state index is 0.128. The number of rotatable bonds is 6. The van der Waals surface area contributed by atoms with Crippen molar-refractivity contribution in [3.63, 3.8) is 0 Å². The highest BCUT2D eigenvalue weighted by molar-refractivity contribution is 7.08. The molecule has 2 fully saturated rings. The first-order chi connectivity index (χ1) is 22.6. The Morgan fingerprint density at radius 1 is 0.936 bits per heavy atom. The summed E-state index contributed by atoms with van der Waals surface area (Å²) in [7, 11) is 0. The molecule has 2 aliphatic rings. The lowest BCUT2D eigenvalue weighted by atomic mass is 10.0. The van der Waals surface area contributed by atoms with Gasteiger partial charge in [-0.25, -0.2) is 0 Å². The number of thiophene rings is 1. The van der Waals surface area contributed by atoms with E-state index in [0.29, 0.717) is 44.3 Å². The lowest BCUT2D eigenvalue weighted by Gasteiger charge is -2.30. The van der Waals surface area contributed by atoms with E-state index in [1.165, 1.54) is 23.2 Å². The number of fused-ring (bicyclic) bond motifs is 1. The second kappa shape index (κ2) is 17.0. The Labute approximate surface area is 278 Å². The summed E-state index contributed by atoms with van der Waals surface area (Å²) in [5.41, 5.74) is 1.18. The summed E-state index contributed by atoms with van der Waals surface area (Å²) in [6.07, 6.45) is 1.23. The fourth-order valence-electron chi connectivity index (χ4n) is 5.81. The highest BCUT2D eigenvalue weighted by Gasteiger charge is 2.39. The van der Waals surface area contributed by atoms with Crippen LogP contribution in [0.2, 0.25) is 0 Å². The van der Waals surface area contributed by atoms with Crippen LogP contribution in [-0.2, 0) is 30.4 Å². The second-order valence-electron chi connectivity index (χ2n) is 12.0. The minimum atomic E-state index is -1.45. The minimum Gasteiger partial charge on any atom is -0.391 e. The molecule has 0 radical (unpaired) electrons. The third-order valence-electron chi connectivity index (χ3n) is 8.46. The van der Waals surface area contributed by atoms with Crippen molar-refractivity contribution in [3.05, 3.63) is 58.3 Å². The zero-order valence-corrected chi connectivity index (χ0v) is 27.5. The molecule has 2 aliphatic heterocycles. The molecule has 0 saturated carbocycles. The Kier molecular flexibility index (Phi) is 12.9. The molecule has 4 rings (SSSR count). The normalized spacial score (nSPS) is 26.0. The molecule has 6 atom stereocenters. The first-order valence-electron chi connectivity index (χ1n) is 16.1. The second-order valence-corrected chi connectivity index (χ2v) is 12.7. The predicted molar refractivity (Wildman–Crippen MR) is 175 cm³/mol. The zero-order chi connectivity index (χ0) is 33.9. The van der Waals surface area contributed by atoms with Gasteiger partial charge in [0.05, 0.1) is 11.7 Å². The number of aliphatic hydroxyl groups excluding tert-OH is 1. The molecule has 13 nitrogen and oxygen atoms in total. The molecule has 0 spiro atoms. The summed E-state index contributed by atoms with van der Waals surface area (Å²) in [5.74, 6) is -3.25. The lowest BCUT2D eigenvalue weighted by Crippen LogP contribution is -2.61. The Bertz CT molecular complexity index is 1400. The maximum Gasteiger partial charge on any atom is 0.252 e. The first kappa shape index (κ1) is 35.6. The van der Waals surface area contributed by atoms with E-state index in [0.717, 1.165) is 5.56 Å². The van der Waals surface area contributed by atoms with Gasteiger partial charge in [-0.2, -0.15) is 11.3 Å². The van der Waals surface area contributed by atoms with Crippen LogP contribution in [0.3, 0.4) is 0 Å². The van der Waals surface area contributed by atoms with Gasteiger partial charge in [0, 0.05) is 24.9 Å². The number of amides is 6. The summed E-state index contributed by atoms with van der Waals surface area (Å²) >= 11 is 1.34. The van der Waals surface area contributed by atoms with Crippen molar-refractivity contribution < 1.29 is 33.9 Å². The molecule has 0 aliphatic carbocycles. The van der Waals surface area contributed by atoms with Crippen molar-refractivity contribution in [2.75, 3.05) is 13.1 Å². The predicted octanol–water partition coefficient (Wildman–Crippen LogP) is 0.626. The monoisotopic (exact) mass is 668 g/mol. The Balaban J connectivity index is 1.61. The Hall–Kier alpha value is -4.30. The van der Waals surface area contributed by atoms with E-state index in [4.69, 9.17) is 0 Å². The Morgan fingerprint density at radius 3 is 2.36 bits per heavy atom. The standard InChI is InChI=1S/C33H44N6O7S/c1-3-23-29(42)38-27(20(2)40)32(45)37-25(18-21-10-5-4-6-11-21)33(46)39-16-9-13-26(39)31(44)34-15-8-7-12-24(30(43)35-23)36-28(41)22-14-17-47-19-22/h4-6,10-11,14,17,19-20,23-27,40H,3,7-9,12-13,15-16,18H2,1-2H3,(H,34,44)(H,35,43)(H,36,41)(H,37,45)(H,38,42)/t20-,23+,24+,25-,26+,27+/m1/s1. The first-order valence-corrected chi connectivity index (χ1v) is 17.1. The zero-order valence-electron chi connectivity index (χ0n) is 26.7. The molecule has 2 saturated heterocycles. The summed E-state index contributed by atoms with van der Waals surface area (Å²) < 4.78 is 0. The SMILES string of the molecule is CC[C@@H]1NC(=O)[C@@H](NC(=O)c2ccsc2)CCCCNC(=O)[C@@H]2CCCN2C(=O)[C@@H](Cc2ccccc2)NC(=O)[C@H]([C@@H](C)O)NC1=O. The highest BCUT2D eigenvalue weighted by Crippen LogP contribution is 2.20. The average Bonchev–Trinajstić information content (AvgIpc) is 3.78. The summed E-state index contributed by atoms with van der Waals surface area (Å²) in [6.45, 7) is 3.65. The molecular formula is C33H44N6O7S. The molecule has 6 N–H and O–H groups in total. The van der Waals surface area contributed by atoms with Crippen molar-refractivity contribution in [1.29, 1.82) is 0 Å². The van der Waals surface area contributed by atoms with Crippen LogP contribution in [0, 0.1) is 0 Å². The van der Waals surface area contributed by atoms with Crippen LogP contribution in [-0.4, -0.2) is 94.9 Å². The maximum atomic E-state index is 13.9. The van der Waals surface area contributed by atoms with Gasteiger partial charge in [0.25, 0.3) is 5.91 Å². The molecule has 1 aromatic carbocycles. The van der Waals surface area contributed by atoms with E-state index < -0.39 is 65.8 Å². The maximum absolute atomic E-state index is 13.9. The largest absolute Gasteiger partial charge is 0.391 e. The van der Waals surface area contributed by atoms with E-state index in [1.54, 1.807) is 23.8 Å². The number of carbonyl (C=O) groups excluding carboxylic acids is 6. The van der Waals surface area contributed by atoms with Crippen molar-refractivity contribution in [2.45, 2.75) is 95.1 Å². The molecule has 6 amide bonds. The van der Waals surface area contributed by atoms with E-state index in [1.807, 2.05) is 30.3 Å². The molecule has 0 bridgehead atoms. The van der Waals surface area contributed by atoms with E-state index in [2.05, 4.69) is 26.6 Å².